The van der Waals surface area contributed by atoms with Gasteiger partial charge in [0.15, 0.2) is 5.82 Å². The zero-order chi connectivity index (χ0) is 13.2. The molecular weight excluding hydrogens is 245 g/mol. The van der Waals surface area contributed by atoms with Crippen molar-refractivity contribution in [1.29, 1.82) is 0 Å². The van der Waals surface area contributed by atoms with Crippen molar-refractivity contribution in [2.45, 2.75) is 13.3 Å². The van der Waals surface area contributed by atoms with Crippen molar-refractivity contribution < 1.29 is 17.9 Å². The summed E-state index contributed by atoms with van der Waals surface area (Å²) in [4.78, 5) is 7.96. The van der Waals surface area contributed by atoms with E-state index in [9.17, 15) is 13.2 Å². The van der Waals surface area contributed by atoms with Gasteiger partial charge in [0.05, 0.1) is 5.56 Å². The van der Waals surface area contributed by atoms with Crippen molar-refractivity contribution in [2.24, 2.45) is 0 Å². The molecule has 6 heteroatoms. The first-order valence-electron chi connectivity index (χ1n) is 5.09. The predicted octanol–water partition coefficient (Wildman–Crippen LogP) is 3.35. The first-order chi connectivity index (χ1) is 8.46. The molecule has 3 nitrogen and oxygen atoms in total. The molecule has 0 aliphatic heterocycles. The van der Waals surface area contributed by atoms with Gasteiger partial charge in [0, 0.05) is 12.4 Å². The summed E-state index contributed by atoms with van der Waals surface area (Å²) < 4.78 is 40.7. The number of nitrogens with zero attached hydrogens (tertiary/aromatic N) is 2. The molecule has 0 fully saturated rings. The Balaban J connectivity index is 2.41. The normalized spacial score (nSPS) is 11.3. The van der Waals surface area contributed by atoms with E-state index in [0.717, 1.165) is 5.56 Å². The molecule has 0 aliphatic carbocycles. The molecule has 0 amide bonds. The fourth-order valence-corrected chi connectivity index (χ4v) is 1.40. The second-order valence-corrected chi connectivity index (χ2v) is 3.63. The van der Waals surface area contributed by atoms with E-state index in [1.165, 1.54) is 30.6 Å². The third-order valence-electron chi connectivity index (χ3n) is 2.13. The number of halogens is 3. The monoisotopic (exact) mass is 254 g/mol. The lowest BCUT2D eigenvalue weighted by molar-refractivity contribution is -0.274. The van der Waals surface area contributed by atoms with Gasteiger partial charge in [0.2, 0.25) is 0 Å². The average Bonchev–Trinajstić information content (AvgIpc) is 2.29. The fraction of sp³-hybridized carbons (Fsp3) is 0.167. The Labute approximate surface area is 101 Å². The lowest BCUT2D eigenvalue weighted by Gasteiger charge is -2.12. The molecule has 0 N–H and O–H groups in total. The fourth-order valence-electron chi connectivity index (χ4n) is 1.40. The zero-order valence-electron chi connectivity index (χ0n) is 9.40. The third kappa shape index (κ3) is 2.97. The van der Waals surface area contributed by atoms with E-state index in [2.05, 4.69) is 14.7 Å². The van der Waals surface area contributed by atoms with Crippen molar-refractivity contribution in [3.8, 4) is 17.1 Å². The van der Waals surface area contributed by atoms with Gasteiger partial charge < -0.3 is 4.74 Å². The predicted molar refractivity (Wildman–Crippen MR) is 58.9 cm³/mol. The number of alkyl halides is 3. The number of aromatic nitrogens is 2. The van der Waals surface area contributed by atoms with Crippen molar-refractivity contribution in [3.05, 3.63) is 42.2 Å². The quantitative estimate of drug-likeness (QED) is 0.824. The number of hydrogen-bond acceptors (Lipinski definition) is 3. The maximum atomic E-state index is 12.2. The average molecular weight is 254 g/mol. The first kappa shape index (κ1) is 12.3. The summed E-state index contributed by atoms with van der Waals surface area (Å²) >= 11 is 0. The molecule has 0 saturated carbocycles. The minimum atomic E-state index is -4.74. The van der Waals surface area contributed by atoms with Gasteiger partial charge in [-0.15, -0.1) is 13.2 Å². The number of rotatable bonds is 2. The van der Waals surface area contributed by atoms with Crippen LogP contribution in [0, 0.1) is 6.92 Å². The SMILES string of the molecule is Cc1cnc(-c2ccccc2OC(F)(F)F)nc1. The first-order valence-corrected chi connectivity index (χ1v) is 5.09. The lowest BCUT2D eigenvalue weighted by atomic mass is 10.2. The van der Waals surface area contributed by atoms with Gasteiger partial charge in [0.25, 0.3) is 0 Å². The van der Waals surface area contributed by atoms with Crippen LogP contribution in [-0.4, -0.2) is 16.3 Å². The largest absolute Gasteiger partial charge is 0.573 e. The topological polar surface area (TPSA) is 35.0 Å². The Hall–Kier alpha value is -2.11. The molecule has 1 heterocycles. The molecule has 0 atom stereocenters. The van der Waals surface area contributed by atoms with Crippen LogP contribution < -0.4 is 4.74 Å². The number of benzene rings is 1. The standard InChI is InChI=1S/C12H9F3N2O/c1-8-6-16-11(17-7-8)9-4-2-3-5-10(9)18-12(13,14)15/h2-7H,1H3. The van der Waals surface area contributed by atoms with E-state index in [0.29, 0.717) is 0 Å². The van der Waals surface area contributed by atoms with Crippen LogP contribution in [0.15, 0.2) is 36.7 Å². The number of ether oxygens (including phenoxy) is 1. The summed E-state index contributed by atoms with van der Waals surface area (Å²) in [7, 11) is 0. The molecular formula is C12H9F3N2O. The van der Waals surface area contributed by atoms with Crippen LogP contribution in [0.1, 0.15) is 5.56 Å². The summed E-state index contributed by atoms with van der Waals surface area (Å²) in [5.41, 5.74) is 1.03. The smallest absolute Gasteiger partial charge is 0.405 e. The van der Waals surface area contributed by atoms with E-state index in [4.69, 9.17) is 0 Å². The molecule has 0 aliphatic rings. The number of para-hydroxylation sites is 1. The minimum absolute atomic E-state index is 0.195. The van der Waals surface area contributed by atoms with Crippen LogP contribution in [0.25, 0.3) is 11.4 Å². The van der Waals surface area contributed by atoms with Crippen molar-refractivity contribution in [3.63, 3.8) is 0 Å². The molecule has 94 valence electrons. The summed E-state index contributed by atoms with van der Waals surface area (Å²) in [5.74, 6) is -0.116. The van der Waals surface area contributed by atoms with Gasteiger partial charge in [-0.2, -0.15) is 0 Å². The van der Waals surface area contributed by atoms with Crippen molar-refractivity contribution >= 4 is 0 Å². The van der Waals surface area contributed by atoms with E-state index in [1.54, 1.807) is 13.0 Å². The molecule has 18 heavy (non-hydrogen) atoms. The molecule has 2 rings (SSSR count). The second kappa shape index (κ2) is 4.64. The highest BCUT2D eigenvalue weighted by atomic mass is 19.4. The summed E-state index contributed by atoms with van der Waals surface area (Å²) in [6, 6.07) is 5.76. The van der Waals surface area contributed by atoms with Crippen LogP contribution in [0.5, 0.6) is 5.75 Å². The van der Waals surface area contributed by atoms with Crippen LogP contribution in [0.4, 0.5) is 13.2 Å². The van der Waals surface area contributed by atoms with Crippen LogP contribution in [0.3, 0.4) is 0 Å². The number of hydrogen-bond donors (Lipinski definition) is 0. The van der Waals surface area contributed by atoms with Gasteiger partial charge in [0.1, 0.15) is 5.75 Å². The van der Waals surface area contributed by atoms with E-state index in [1.807, 2.05) is 0 Å². The maximum absolute atomic E-state index is 12.2. The Bertz CT molecular complexity index is 538. The Morgan fingerprint density at radius 2 is 1.67 bits per heavy atom. The minimum Gasteiger partial charge on any atom is -0.405 e. The number of aryl methyl sites for hydroxylation is 1. The van der Waals surface area contributed by atoms with Crippen molar-refractivity contribution in [2.75, 3.05) is 0 Å². The Kier molecular flexibility index (Phi) is 3.18. The second-order valence-electron chi connectivity index (χ2n) is 3.63. The molecule has 0 spiro atoms. The third-order valence-corrected chi connectivity index (χ3v) is 2.13. The van der Waals surface area contributed by atoms with E-state index in [-0.39, 0.29) is 17.1 Å². The molecule has 0 saturated heterocycles. The summed E-state index contributed by atoms with van der Waals surface area (Å²) in [6.45, 7) is 1.79. The molecule has 1 aromatic carbocycles. The van der Waals surface area contributed by atoms with E-state index < -0.39 is 6.36 Å². The molecule has 1 aromatic heterocycles. The molecule has 2 aromatic rings. The summed E-state index contributed by atoms with van der Waals surface area (Å²) in [6.07, 6.45) is -1.67. The Morgan fingerprint density at radius 1 is 1.06 bits per heavy atom. The lowest BCUT2D eigenvalue weighted by Crippen LogP contribution is -2.17. The highest BCUT2D eigenvalue weighted by Gasteiger charge is 2.32. The van der Waals surface area contributed by atoms with Crippen LogP contribution in [0.2, 0.25) is 0 Å². The van der Waals surface area contributed by atoms with Crippen molar-refractivity contribution in [1.82, 2.24) is 9.97 Å². The van der Waals surface area contributed by atoms with Gasteiger partial charge in [-0.05, 0) is 24.6 Å². The van der Waals surface area contributed by atoms with Crippen LogP contribution >= 0.6 is 0 Å². The van der Waals surface area contributed by atoms with E-state index >= 15 is 0 Å². The highest BCUT2D eigenvalue weighted by molar-refractivity contribution is 5.63. The van der Waals surface area contributed by atoms with Gasteiger partial charge in [-0.1, -0.05) is 12.1 Å². The van der Waals surface area contributed by atoms with Gasteiger partial charge in [-0.25, -0.2) is 9.97 Å². The highest BCUT2D eigenvalue weighted by Crippen LogP contribution is 2.31. The van der Waals surface area contributed by atoms with Gasteiger partial charge in [-0.3, -0.25) is 0 Å². The van der Waals surface area contributed by atoms with Crippen LogP contribution in [-0.2, 0) is 0 Å². The molecule has 0 bridgehead atoms. The molecule has 0 radical (unpaired) electrons. The van der Waals surface area contributed by atoms with Gasteiger partial charge >= 0.3 is 6.36 Å². The zero-order valence-corrected chi connectivity index (χ0v) is 9.40. The maximum Gasteiger partial charge on any atom is 0.573 e. The Morgan fingerprint density at radius 3 is 2.28 bits per heavy atom. The molecule has 0 unspecified atom stereocenters. The summed E-state index contributed by atoms with van der Waals surface area (Å²) in [5, 5.41) is 0.